The number of hydrogen-bond acceptors (Lipinski definition) is 4. The zero-order valence-corrected chi connectivity index (χ0v) is 24.5. The fourth-order valence-corrected chi connectivity index (χ4v) is 6.44. The average Bonchev–Trinajstić information content (AvgIpc) is 3.46. The van der Waals surface area contributed by atoms with Gasteiger partial charge in [0.2, 0.25) is 0 Å². The summed E-state index contributed by atoms with van der Waals surface area (Å²) in [4.78, 5) is 4.74. The number of allylic oxidation sites excluding steroid dienone is 2. The second kappa shape index (κ2) is 11.8. The minimum atomic E-state index is 0.270. The van der Waals surface area contributed by atoms with Gasteiger partial charge in [-0.3, -0.25) is 4.99 Å². The third kappa shape index (κ3) is 5.89. The van der Waals surface area contributed by atoms with Crippen molar-refractivity contribution >= 4 is 29.2 Å². The molecule has 3 atom stereocenters. The summed E-state index contributed by atoms with van der Waals surface area (Å²) in [7, 11) is 0. The van der Waals surface area contributed by atoms with Crippen molar-refractivity contribution in [2.45, 2.75) is 45.8 Å². The van der Waals surface area contributed by atoms with Gasteiger partial charge in [0.05, 0.1) is 23.4 Å². The highest BCUT2D eigenvalue weighted by atomic mass is 35.5. The Balaban J connectivity index is 1.18. The van der Waals surface area contributed by atoms with Crippen molar-refractivity contribution in [3.05, 3.63) is 129 Å². The minimum absolute atomic E-state index is 0.270. The Kier molecular flexibility index (Phi) is 7.84. The van der Waals surface area contributed by atoms with Crippen molar-refractivity contribution in [3.63, 3.8) is 0 Å². The molecule has 1 heterocycles. The number of aliphatic imine (C=N–C) groups is 1. The van der Waals surface area contributed by atoms with Crippen LogP contribution in [0.25, 0.3) is 0 Å². The van der Waals surface area contributed by atoms with E-state index >= 15 is 0 Å². The summed E-state index contributed by atoms with van der Waals surface area (Å²) in [6.45, 7) is 7.06. The van der Waals surface area contributed by atoms with E-state index in [9.17, 15) is 0 Å². The van der Waals surface area contributed by atoms with Crippen LogP contribution in [0.1, 0.15) is 58.7 Å². The van der Waals surface area contributed by atoms with Crippen LogP contribution in [0.4, 0.5) is 11.4 Å². The number of anilines is 1. The molecule has 208 valence electrons. The maximum atomic E-state index is 6.69. The fraction of sp³-hybridized carbons (Fsp3) is 0.250. The average molecular weight is 563 g/mol. The van der Waals surface area contributed by atoms with E-state index < -0.39 is 0 Å². The van der Waals surface area contributed by atoms with Crippen molar-refractivity contribution < 1.29 is 9.47 Å². The molecule has 6 rings (SSSR count). The number of para-hydroxylation sites is 1. The highest BCUT2D eigenvalue weighted by Crippen LogP contribution is 2.49. The smallest absolute Gasteiger partial charge is 0.180 e. The van der Waals surface area contributed by atoms with Crippen molar-refractivity contribution in [1.29, 1.82) is 0 Å². The van der Waals surface area contributed by atoms with Crippen LogP contribution in [0.3, 0.4) is 0 Å². The van der Waals surface area contributed by atoms with Crippen LogP contribution in [0.2, 0.25) is 5.02 Å². The quantitative estimate of drug-likeness (QED) is 0.172. The molecule has 0 radical (unpaired) electrons. The van der Waals surface area contributed by atoms with E-state index in [-0.39, 0.29) is 6.04 Å². The first kappa shape index (κ1) is 27.2. The van der Waals surface area contributed by atoms with E-state index in [1.807, 2.05) is 25.3 Å². The van der Waals surface area contributed by atoms with E-state index in [2.05, 4.69) is 98.0 Å². The summed E-state index contributed by atoms with van der Waals surface area (Å²) in [5.41, 5.74) is 9.17. The summed E-state index contributed by atoms with van der Waals surface area (Å²) in [5.74, 6) is 2.15. The SMILES string of the molecule is CCOc1cc(C=Nc2ccc([C@@H]3Nc4ccccc4[C@H]4C=CC[C@H]43)cc2)cc(Cl)c1OCc1cc(C)cc(C)c1. The molecule has 4 nitrogen and oxygen atoms in total. The van der Waals surface area contributed by atoms with Crippen molar-refractivity contribution in [2.75, 3.05) is 11.9 Å². The summed E-state index contributed by atoms with van der Waals surface area (Å²) in [6.07, 6.45) is 7.61. The molecule has 0 saturated carbocycles. The fourth-order valence-electron chi connectivity index (χ4n) is 6.16. The Morgan fingerprint density at radius 3 is 2.51 bits per heavy atom. The number of rotatable bonds is 8. The molecule has 0 saturated heterocycles. The lowest BCUT2D eigenvalue weighted by Crippen LogP contribution is -2.28. The van der Waals surface area contributed by atoms with Crippen LogP contribution in [0.5, 0.6) is 11.5 Å². The molecule has 0 fully saturated rings. The van der Waals surface area contributed by atoms with Crippen LogP contribution in [0.15, 0.2) is 96.0 Å². The van der Waals surface area contributed by atoms with Gasteiger partial charge in [0.1, 0.15) is 6.61 Å². The first-order valence-corrected chi connectivity index (χ1v) is 14.7. The first-order chi connectivity index (χ1) is 20.0. The number of aryl methyl sites for hydroxylation is 2. The molecule has 4 aromatic rings. The Bertz CT molecular complexity index is 1590. The maximum Gasteiger partial charge on any atom is 0.180 e. The topological polar surface area (TPSA) is 42.8 Å². The van der Waals surface area contributed by atoms with Gasteiger partial charge in [-0.2, -0.15) is 0 Å². The number of nitrogens with one attached hydrogen (secondary N) is 1. The summed E-state index contributed by atoms with van der Waals surface area (Å²) in [6, 6.07) is 27.7. The minimum Gasteiger partial charge on any atom is -0.490 e. The normalized spacial score (nSPS) is 19.1. The summed E-state index contributed by atoms with van der Waals surface area (Å²) in [5, 5.41) is 4.30. The second-order valence-electron chi connectivity index (χ2n) is 11.0. The molecule has 41 heavy (non-hydrogen) atoms. The molecule has 1 aliphatic heterocycles. The van der Waals surface area contributed by atoms with Crippen LogP contribution < -0.4 is 14.8 Å². The number of hydrogen-bond donors (Lipinski definition) is 1. The Morgan fingerprint density at radius 1 is 0.951 bits per heavy atom. The number of nitrogens with zero attached hydrogens (tertiary/aromatic N) is 1. The predicted molar refractivity (Wildman–Crippen MR) is 169 cm³/mol. The van der Waals surface area contributed by atoms with Gasteiger partial charge in [-0.1, -0.05) is 83.4 Å². The maximum absolute atomic E-state index is 6.69. The van der Waals surface area contributed by atoms with Crippen molar-refractivity contribution in [2.24, 2.45) is 10.9 Å². The number of ether oxygens (including phenoxy) is 2. The molecule has 1 N–H and O–H groups in total. The lowest BCUT2D eigenvalue weighted by Gasteiger charge is -2.37. The Morgan fingerprint density at radius 2 is 1.73 bits per heavy atom. The van der Waals surface area contributed by atoms with Gasteiger partial charge in [-0.15, -0.1) is 0 Å². The predicted octanol–water partition coefficient (Wildman–Crippen LogP) is 9.51. The lowest BCUT2D eigenvalue weighted by molar-refractivity contribution is 0.269. The van der Waals surface area contributed by atoms with E-state index in [1.165, 1.54) is 27.9 Å². The molecule has 0 unspecified atom stereocenters. The Labute approximate surface area is 247 Å². The lowest BCUT2D eigenvalue weighted by atomic mass is 9.77. The van der Waals surface area contributed by atoms with Gasteiger partial charge < -0.3 is 14.8 Å². The number of fused-ring (bicyclic) bond motifs is 3. The summed E-state index contributed by atoms with van der Waals surface area (Å²) >= 11 is 6.69. The van der Waals surface area contributed by atoms with E-state index in [0.717, 1.165) is 23.2 Å². The van der Waals surface area contributed by atoms with Gasteiger partial charge >= 0.3 is 0 Å². The number of benzene rings is 4. The molecule has 0 spiro atoms. The number of halogens is 1. The molecule has 2 aliphatic rings. The molecule has 1 aliphatic carbocycles. The van der Waals surface area contributed by atoms with Gasteiger partial charge in [0, 0.05) is 17.8 Å². The zero-order chi connectivity index (χ0) is 28.3. The van der Waals surface area contributed by atoms with Gasteiger partial charge in [0.15, 0.2) is 11.5 Å². The van der Waals surface area contributed by atoms with E-state index in [0.29, 0.717) is 41.6 Å². The highest BCUT2D eigenvalue weighted by Gasteiger charge is 2.37. The molecular weight excluding hydrogens is 528 g/mol. The molecule has 5 heteroatoms. The van der Waals surface area contributed by atoms with Crippen LogP contribution in [-0.4, -0.2) is 12.8 Å². The zero-order valence-electron chi connectivity index (χ0n) is 23.7. The van der Waals surface area contributed by atoms with Crippen molar-refractivity contribution in [1.82, 2.24) is 0 Å². The van der Waals surface area contributed by atoms with Gasteiger partial charge in [-0.05, 0) is 85.7 Å². The second-order valence-corrected chi connectivity index (χ2v) is 11.4. The summed E-state index contributed by atoms with van der Waals surface area (Å²) < 4.78 is 12.1. The van der Waals surface area contributed by atoms with Crippen LogP contribution in [-0.2, 0) is 6.61 Å². The first-order valence-electron chi connectivity index (χ1n) is 14.3. The van der Waals surface area contributed by atoms with E-state index in [4.69, 9.17) is 26.1 Å². The van der Waals surface area contributed by atoms with Crippen LogP contribution >= 0.6 is 11.6 Å². The third-order valence-corrected chi connectivity index (χ3v) is 8.16. The molecule has 4 aromatic carbocycles. The highest BCUT2D eigenvalue weighted by molar-refractivity contribution is 6.32. The van der Waals surface area contributed by atoms with Crippen LogP contribution in [0, 0.1) is 19.8 Å². The molecular formula is C36H35ClN2O2. The van der Waals surface area contributed by atoms with Gasteiger partial charge in [-0.25, -0.2) is 0 Å². The monoisotopic (exact) mass is 562 g/mol. The Hall–Kier alpha value is -4.02. The standard InChI is InChI=1S/C36H35ClN2O2/c1-4-40-34-20-25(19-32(37)36(34)41-22-26-17-23(2)16-24(3)18-26)21-38-28-14-12-27(13-15-28)35-31-10-7-9-29(31)30-8-5-6-11-33(30)39-35/h5-9,11-21,29,31,35,39H,4,10,22H2,1-3H3/t29-,31-,35+/m1/s1. The third-order valence-electron chi connectivity index (χ3n) is 7.88. The van der Waals surface area contributed by atoms with Gasteiger partial charge in [0.25, 0.3) is 0 Å². The molecule has 0 aromatic heterocycles. The largest absolute Gasteiger partial charge is 0.490 e. The van der Waals surface area contributed by atoms with E-state index in [1.54, 1.807) is 0 Å². The molecule has 0 bridgehead atoms. The molecule has 0 amide bonds. The van der Waals surface area contributed by atoms with Crippen molar-refractivity contribution in [3.8, 4) is 11.5 Å².